The number of hydrogen-bond donors (Lipinski definition) is 6. The molecule has 8 fully saturated rings. The van der Waals surface area contributed by atoms with Crippen LogP contribution in [0, 0.1) is 67.0 Å². The molecule has 7 aromatic rings. The Morgan fingerprint density at radius 3 is 0.963 bits per heavy atom. The predicted octanol–water partition coefficient (Wildman–Crippen LogP) is 7.80. The summed E-state index contributed by atoms with van der Waals surface area (Å²) in [6.07, 6.45) is 31.4. The van der Waals surface area contributed by atoms with Gasteiger partial charge in [0.2, 0.25) is 43.3 Å². The van der Waals surface area contributed by atoms with Crippen molar-refractivity contribution in [3.63, 3.8) is 0 Å². The van der Waals surface area contributed by atoms with E-state index < -0.39 is 0 Å². The predicted molar refractivity (Wildman–Crippen MR) is 406 cm³/mol. The molecule has 107 heavy (non-hydrogen) atoms. The molecule has 559 valence electrons. The summed E-state index contributed by atoms with van der Waals surface area (Å²) in [5, 5.41) is 14.2. The van der Waals surface area contributed by atoms with Crippen molar-refractivity contribution in [2.24, 2.45) is 67.0 Å². The monoisotopic (exact) mass is 1520 g/mol. The second kappa shape index (κ2) is 27.3. The van der Waals surface area contributed by atoms with Crippen LogP contribution in [-0.2, 0) is 62.4 Å². The topological polar surface area (TPSA) is 189 Å². The van der Waals surface area contributed by atoms with E-state index in [0.717, 1.165) is 118 Å². The molecule has 7 aromatic heterocycles. The third-order valence-corrected chi connectivity index (χ3v) is 31.3. The molecule has 8 saturated carbocycles. The van der Waals surface area contributed by atoms with E-state index in [-0.39, 0.29) is 159 Å². The number of hydrogen-bond acceptors (Lipinski definition) is 6. The maximum absolute atomic E-state index is 14.8. The van der Waals surface area contributed by atoms with Crippen LogP contribution in [0.15, 0.2) is 122 Å². The number of carbonyl (C=O) groups excluding carboxylic acids is 4. The summed E-state index contributed by atoms with van der Waals surface area (Å²) < 4.78 is 8.14. The Morgan fingerprint density at radius 1 is 0.383 bits per heavy atom. The van der Waals surface area contributed by atoms with Crippen molar-refractivity contribution in [2.45, 2.75) is 210 Å². The number of carbonyl (C=O) groups is 4. The standard InChI is InChI=1S/C88H102N12O4.2ClH.Fe/c1-81(2)54-32-36-85(81,9)69(44-54)93-73(101)49-97-40-19-20-53(48-97)77-58-24-26-60(89-58)78(66-21-13-16-41-98(66)50-74(102)94-70-45-55-33-37-86(70,10)82(55,3)4)62-28-30-64(91-62)80(68-23-15-18-43-100(68)52-76(104)96-72-47-57-35-39-88(72,12)84(57,7)8)65-31-29-63(92-65)79(61-27-25-59(77)90-61)67-22-14-17-42-99(67)51-75(103)95-71-46-56-34-38-87(71,11)83(56,5)6;;;/h13-31,40-43,48,54-57,69-72H,32-39,44-47,49-52H2,1-12H3,(H2-3,89,90,91,92,93,94,95,96,101,102,103,104);2*1H;/q;;;+3/p+2. The van der Waals surface area contributed by atoms with E-state index in [0.29, 0.717) is 46.4 Å². The smallest absolute Gasteiger partial charge is 1.00 e. The molecule has 12 atom stereocenters. The normalized spacial score (nSPS) is 29.1. The Balaban J connectivity index is 0.00000320. The van der Waals surface area contributed by atoms with E-state index in [4.69, 9.17) is 9.97 Å². The Kier molecular flexibility index (Phi) is 19.4. The molecule has 16 nitrogen and oxygen atoms in total. The first kappa shape index (κ1) is 76.0. The van der Waals surface area contributed by atoms with E-state index in [1.807, 2.05) is 71.8 Å². The molecule has 0 spiro atoms. The number of nitrogens with one attached hydrogen (secondary N) is 6. The van der Waals surface area contributed by atoms with E-state index in [1.165, 1.54) is 25.7 Å². The van der Waals surface area contributed by atoms with Crippen LogP contribution in [0.1, 0.15) is 183 Å². The number of rotatable bonds is 16. The summed E-state index contributed by atoms with van der Waals surface area (Å²) in [5.41, 5.74) is 12.7. The maximum atomic E-state index is 14.8. The molecule has 12 unspecified atom stereocenters. The van der Waals surface area contributed by atoms with Crippen molar-refractivity contribution in [3.8, 4) is 44.9 Å². The van der Waals surface area contributed by atoms with Gasteiger partial charge in [-0.05, 0) is 217 Å². The van der Waals surface area contributed by atoms with Crippen molar-refractivity contribution in [2.75, 3.05) is 0 Å². The average molecular weight is 1520 g/mol. The number of fused-ring (bicyclic) bond motifs is 16. The van der Waals surface area contributed by atoms with Gasteiger partial charge in [0, 0.05) is 83.3 Å². The van der Waals surface area contributed by atoms with Gasteiger partial charge in [-0.1, -0.05) is 83.1 Å². The number of nitrogens with zero attached hydrogens (tertiary/aromatic N) is 6. The van der Waals surface area contributed by atoms with Crippen molar-refractivity contribution in [3.05, 3.63) is 145 Å². The second-order valence-corrected chi connectivity index (χ2v) is 36.3. The van der Waals surface area contributed by atoms with Gasteiger partial charge in [0.25, 0.3) is 23.6 Å². The summed E-state index contributed by atoms with van der Waals surface area (Å²) in [5.74, 6) is 2.16. The van der Waals surface area contributed by atoms with Crippen molar-refractivity contribution >= 4 is 70.0 Å². The molecule has 0 aromatic carbocycles. The Bertz CT molecular complexity index is 4920. The van der Waals surface area contributed by atoms with Crippen molar-refractivity contribution in [1.82, 2.24) is 41.2 Å². The first-order valence-corrected chi connectivity index (χ1v) is 38.9. The van der Waals surface area contributed by atoms with Crippen LogP contribution in [0.25, 0.3) is 91.3 Å². The molecule has 4 amide bonds. The summed E-state index contributed by atoms with van der Waals surface area (Å²) in [7, 11) is 0. The summed E-state index contributed by atoms with van der Waals surface area (Å²) >= 11 is 0. The molecule has 8 aliphatic carbocycles. The average Bonchev–Trinajstić information content (AvgIpc) is 1.58. The fourth-order valence-electron chi connectivity index (χ4n) is 22.9. The number of H-pyrrole nitrogens is 2. The van der Waals surface area contributed by atoms with Gasteiger partial charge >= 0.3 is 17.1 Å². The molecule has 0 saturated heterocycles. The first-order chi connectivity index (χ1) is 49.6. The zero-order chi connectivity index (χ0) is 72.4. The molecule has 1 radical (unpaired) electrons. The van der Waals surface area contributed by atoms with Crippen LogP contribution in [-0.4, -0.2) is 67.7 Å². The molecule has 9 heterocycles. The van der Waals surface area contributed by atoms with E-state index >= 15 is 0 Å². The van der Waals surface area contributed by atoms with Crippen LogP contribution in [0.4, 0.5) is 0 Å². The number of pyridine rings is 4. The summed E-state index contributed by atoms with van der Waals surface area (Å²) in [4.78, 5) is 78.3. The summed E-state index contributed by atoms with van der Waals surface area (Å²) in [6.45, 7) is 28.9. The molecule has 19 heteroatoms. The van der Waals surface area contributed by atoms with Gasteiger partial charge in [-0.2, -0.15) is 18.3 Å². The molecular formula is C88H106Cl2FeN12O4+5. The van der Waals surface area contributed by atoms with E-state index in [2.05, 4.69) is 207 Å². The number of aromatic amines is 2. The van der Waals surface area contributed by atoms with Gasteiger partial charge in [0.15, 0.2) is 31.0 Å². The molecule has 17 rings (SSSR count). The quantitative estimate of drug-likeness (QED) is 0.0423. The molecule has 10 aliphatic rings. The minimum Gasteiger partial charge on any atom is -1.00 e. The fraction of sp³-hybridized carbons (Fsp3) is 0.500. The van der Waals surface area contributed by atoms with Gasteiger partial charge < -0.3 is 56.0 Å². The molecule has 6 N–H and O–H groups in total. The number of halogens is 2. The molecular weight excluding hydrogens is 1420 g/mol. The zero-order valence-electron chi connectivity index (χ0n) is 64.2. The maximum Gasteiger partial charge on any atom is 3.00 e. The third kappa shape index (κ3) is 12.0. The van der Waals surface area contributed by atoms with Crippen LogP contribution in [0.2, 0.25) is 0 Å². The van der Waals surface area contributed by atoms with Crippen LogP contribution < -0.4 is 64.3 Å². The molecule has 2 aliphatic heterocycles. The van der Waals surface area contributed by atoms with E-state index in [1.54, 1.807) is 0 Å². The van der Waals surface area contributed by atoms with Crippen LogP contribution >= 0.6 is 0 Å². The van der Waals surface area contributed by atoms with E-state index in [9.17, 15) is 19.2 Å². The Morgan fingerprint density at radius 2 is 0.673 bits per heavy atom. The second-order valence-electron chi connectivity index (χ2n) is 36.3. The van der Waals surface area contributed by atoms with Gasteiger partial charge in [0.1, 0.15) is 0 Å². The number of aromatic nitrogens is 8. The van der Waals surface area contributed by atoms with Gasteiger partial charge in [-0.25, -0.2) is 9.97 Å². The van der Waals surface area contributed by atoms with Crippen LogP contribution in [0.3, 0.4) is 0 Å². The summed E-state index contributed by atoms with van der Waals surface area (Å²) in [6, 6.07) is 31.1. The minimum absolute atomic E-state index is 0. The first-order valence-electron chi connectivity index (χ1n) is 38.9. The largest absolute Gasteiger partial charge is 3.00 e. The Labute approximate surface area is 653 Å². The SMILES string of the molecule is CC1(C)C2CCC1(C)C(NC(=O)C[n+]1cccc(-c3c4nc(c(-c5cccc[n+]5CC(=O)NC5CC6CCC5(C)C6(C)C)c5ccc([nH]5)c(-c5cccc[n+]5CC(=O)NC5CC6CCC5(C)C6(C)C)c5nc(c(-c6cccc[n+]6CC(=O)NC6CC7CCC6(C)C7(C)C)c6ccc3[nH]6)C=C5)C=C4)c1)C2.[Cl-].[Cl-].[Fe+3]. The van der Waals surface area contributed by atoms with Crippen molar-refractivity contribution in [1.29, 1.82) is 0 Å². The minimum atomic E-state index is -0.0376. The van der Waals surface area contributed by atoms with Gasteiger partial charge in [-0.15, -0.1) is 0 Å². The van der Waals surface area contributed by atoms with Gasteiger partial charge in [0.05, 0.1) is 56.0 Å². The zero-order valence-corrected chi connectivity index (χ0v) is 66.8. The third-order valence-electron chi connectivity index (χ3n) is 31.3. The molecule has 16 bridgehead atoms. The number of amides is 4. The Hall–Kier alpha value is -7.82. The van der Waals surface area contributed by atoms with Gasteiger partial charge in [-0.3, -0.25) is 19.2 Å². The van der Waals surface area contributed by atoms with Crippen molar-refractivity contribution < 1.29 is 79.3 Å². The fourth-order valence-corrected chi connectivity index (χ4v) is 22.9. The van der Waals surface area contributed by atoms with Crippen LogP contribution in [0.5, 0.6) is 0 Å².